The summed E-state index contributed by atoms with van der Waals surface area (Å²) in [7, 11) is 1.47. The van der Waals surface area contributed by atoms with Crippen LogP contribution in [0.15, 0.2) is 51.2 Å². The average molecular weight is 677 g/mol. The van der Waals surface area contributed by atoms with Crippen LogP contribution in [0.4, 0.5) is 0 Å². The molecule has 2 fully saturated rings. The number of fused-ring (bicyclic) bond motifs is 1. The molecule has 2 aromatic carbocycles. The molecule has 1 aromatic heterocycles. The number of phenolic OH excluding ortho intramolecular Hbond substituents is 1. The number of hydrogen-bond donors (Lipinski definition) is 8. The molecule has 3 heterocycles. The molecule has 0 amide bonds. The molecule has 0 unspecified atom stereocenters. The summed E-state index contributed by atoms with van der Waals surface area (Å²) in [5.41, 5.74) is 0.341. The van der Waals surface area contributed by atoms with Gasteiger partial charge < -0.3 is 69.0 Å². The van der Waals surface area contributed by atoms with Gasteiger partial charge >= 0.3 is 0 Å². The molecule has 2 saturated heterocycles. The standard InChI is InChI=1S/C33H40O15/c1-13(2)5-10-17-19(45-33-28(42)26(40)23(37)20(12-34)46-33)11-18(35)21-24(38)31(48-32-27(41)25(39)22(36)14(3)44-32)29(47-30(17)21)15-6-8-16(43-4)9-7-15/h5-9,11,14,20,22-23,25-28,32-37,39-42H,10,12H2,1-4H3/t14-,20+,22-,23-,25+,26-,27+,28-,32+,33+/m1/s1. The fourth-order valence-corrected chi connectivity index (χ4v) is 5.52. The van der Waals surface area contributed by atoms with Crippen LogP contribution in [0.5, 0.6) is 23.0 Å². The Kier molecular flexibility index (Phi) is 10.6. The summed E-state index contributed by atoms with van der Waals surface area (Å²) in [6.45, 7) is 4.40. The lowest BCUT2D eigenvalue weighted by Gasteiger charge is -2.39. The first-order valence-corrected chi connectivity index (χ1v) is 15.2. The van der Waals surface area contributed by atoms with Gasteiger partial charge in [-0.3, -0.25) is 4.79 Å². The molecule has 48 heavy (non-hydrogen) atoms. The first-order chi connectivity index (χ1) is 22.8. The summed E-state index contributed by atoms with van der Waals surface area (Å²) < 4.78 is 34.5. The minimum atomic E-state index is -1.77. The zero-order chi connectivity index (χ0) is 35.0. The van der Waals surface area contributed by atoms with E-state index in [1.165, 1.54) is 14.0 Å². The highest BCUT2D eigenvalue weighted by Gasteiger charge is 2.46. The molecule has 5 rings (SSSR count). The van der Waals surface area contributed by atoms with Gasteiger partial charge in [0.05, 0.1) is 19.8 Å². The number of aliphatic hydroxyl groups excluding tert-OH is 7. The summed E-state index contributed by atoms with van der Waals surface area (Å²) in [4.78, 5) is 14.3. The highest BCUT2D eigenvalue weighted by Crippen LogP contribution is 2.41. The molecule has 2 aliphatic heterocycles. The number of phenols is 1. The Morgan fingerprint density at radius 1 is 0.875 bits per heavy atom. The lowest BCUT2D eigenvalue weighted by molar-refractivity contribution is -0.277. The smallest absolute Gasteiger partial charge is 0.239 e. The lowest BCUT2D eigenvalue weighted by atomic mass is 9.99. The second-order valence-corrected chi connectivity index (χ2v) is 12.0. The SMILES string of the molecule is COc1ccc(-c2oc3c(CC=C(C)C)c(O[C@H]4O[C@@H](CO)[C@@H](O)[C@@H](O)[C@H]4O)cc(O)c3c(=O)c2O[C@@H]2O[C@H](C)[C@@H](O)[C@H](O)[C@@H]2O)cc1. The quantitative estimate of drug-likeness (QED) is 0.140. The van der Waals surface area contributed by atoms with Crippen molar-refractivity contribution in [1.82, 2.24) is 0 Å². The summed E-state index contributed by atoms with van der Waals surface area (Å²) in [6, 6.07) is 7.41. The van der Waals surface area contributed by atoms with Crippen LogP contribution in [-0.4, -0.2) is 116 Å². The number of aromatic hydroxyl groups is 1. The van der Waals surface area contributed by atoms with E-state index in [-0.39, 0.29) is 34.5 Å². The van der Waals surface area contributed by atoms with E-state index in [1.807, 2.05) is 13.8 Å². The van der Waals surface area contributed by atoms with Crippen LogP contribution in [0.25, 0.3) is 22.3 Å². The third-order valence-electron chi connectivity index (χ3n) is 8.37. The second-order valence-electron chi connectivity index (χ2n) is 12.0. The highest BCUT2D eigenvalue weighted by atomic mass is 16.7. The van der Waals surface area contributed by atoms with Gasteiger partial charge in [0.2, 0.25) is 23.8 Å². The molecular weight excluding hydrogens is 636 g/mol. The predicted molar refractivity (Wildman–Crippen MR) is 167 cm³/mol. The van der Waals surface area contributed by atoms with Gasteiger partial charge in [0.25, 0.3) is 0 Å². The zero-order valence-electron chi connectivity index (χ0n) is 26.6. The zero-order valence-corrected chi connectivity index (χ0v) is 26.6. The normalized spacial score (nSPS) is 30.6. The minimum Gasteiger partial charge on any atom is -0.507 e. The van der Waals surface area contributed by atoms with E-state index in [4.69, 9.17) is 28.1 Å². The van der Waals surface area contributed by atoms with E-state index in [1.54, 1.807) is 30.3 Å². The van der Waals surface area contributed by atoms with Crippen LogP contribution < -0.4 is 19.6 Å². The van der Waals surface area contributed by atoms with Crippen molar-refractivity contribution in [3.63, 3.8) is 0 Å². The third kappa shape index (κ3) is 6.74. The van der Waals surface area contributed by atoms with Gasteiger partial charge in [-0.1, -0.05) is 11.6 Å². The number of ether oxygens (including phenoxy) is 5. The predicted octanol–water partition coefficient (Wildman–Crippen LogP) is 0.0679. The van der Waals surface area contributed by atoms with E-state index in [0.717, 1.165) is 11.6 Å². The molecule has 0 spiro atoms. The molecule has 0 radical (unpaired) electrons. The van der Waals surface area contributed by atoms with Crippen LogP contribution in [0.2, 0.25) is 0 Å². The van der Waals surface area contributed by atoms with Crippen LogP contribution in [0.3, 0.4) is 0 Å². The van der Waals surface area contributed by atoms with E-state index < -0.39 is 84.9 Å². The Balaban J connectivity index is 1.71. The highest BCUT2D eigenvalue weighted by molar-refractivity contribution is 5.91. The van der Waals surface area contributed by atoms with Gasteiger partial charge in [-0.2, -0.15) is 0 Å². The number of benzene rings is 2. The third-order valence-corrected chi connectivity index (χ3v) is 8.37. The van der Waals surface area contributed by atoms with E-state index in [2.05, 4.69) is 0 Å². The maximum Gasteiger partial charge on any atom is 0.239 e. The number of aliphatic hydroxyl groups is 7. The largest absolute Gasteiger partial charge is 0.507 e. The van der Waals surface area contributed by atoms with Crippen molar-refractivity contribution in [2.45, 2.75) is 88.6 Å². The molecule has 10 atom stereocenters. The topological polar surface area (TPSA) is 238 Å². The molecule has 8 N–H and O–H groups in total. The van der Waals surface area contributed by atoms with Crippen molar-refractivity contribution in [2.24, 2.45) is 0 Å². The first kappa shape index (κ1) is 35.5. The molecule has 0 aliphatic carbocycles. The molecule has 0 bridgehead atoms. The van der Waals surface area contributed by atoms with Crippen molar-refractivity contribution in [2.75, 3.05) is 13.7 Å². The van der Waals surface area contributed by atoms with E-state index in [9.17, 15) is 45.6 Å². The summed E-state index contributed by atoms with van der Waals surface area (Å²) >= 11 is 0. The molecule has 2 aliphatic rings. The van der Waals surface area contributed by atoms with Gasteiger partial charge in [-0.25, -0.2) is 0 Å². The van der Waals surface area contributed by atoms with Gasteiger partial charge in [-0.15, -0.1) is 0 Å². The van der Waals surface area contributed by atoms with Crippen LogP contribution >= 0.6 is 0 Å². The molecule has 0 saturated carbocycles. The van der Waals surface area contributed by atoms with Gasteiger partial charge in [-0.05, 0) is 51.5 Å². The summed E-state index contributed by atoms with van der Waals surface area (Å²) in [5, 5.41) is 82.9. The lowest BCUT2D eigenvalue weighted by Crippen LogP contribution is -2.60. The molecule has 262 valence electrons. The number of hydrogen-bond acceptors (Lipinski definition) is 15. The van der Waals surface area contributed by atoms with Crippen molar-refractivity contribution >= 4 is 11.0 Å². The van der Waals surface area contributed by atoms with Crippen molar-refractivity contribution in [3.8, 4) is 34.3 Å². The first-order valence-electron chi connectivity index (χ1n) is 15.2. The Hall–Kier alpha value is -3.77. The van der Waals surface area contributed by atoms with Gasteiger partial charge in [0, 0.05) is 17.2 Å². The fraction of sp³-hybridized carbons (Fsp3) is 0.485. The van der Waals surface area contributed by atoms with Gasteiger partial charge in [0.1, 0.15) is 70.9 Å². The van der Waals surface area contributed by atoms with E-state index in [0.29, 0.717) is 11.3 Å². The van der Waals surface area contributed by atoms with Crippen LogP contribution in [-0.2, 0) is 15.9 Å². The van der Waals surface area contributed by atoms with Crippen LogP contribution in [0, 0.1) is 0 Å². The number of allylic oxidation sites excluding steroid dienone is 2. The Morgan fingerprint density at radius 2 is 1.50 bits per heavy atom. The molecule has 3 aromatic rings. The fourth-order valence-electron chi connectivity index (χ4n) is 5.52. The molecular formula is C33H40O15. The van der Waals surface area contributed by atoms with Gasteiger partial charge in [0.15, 0.2) is 5.76 Å². The Bertz CT molecular complexity index is 1680. The molecule has 15 heteroatoms. The van der Waals surface area contributed by atoms with Crippen molar-refractivity contribution < 1.29 is 69.0 Å². The monoisotopic (exact) mass is 676 g/mol. The average Bonchev–Trinajstić information content (AvgIpc) is 3.06. The van der Waals surface area contributed by atoms with Crippen molar-refractivity contribution in [3.05, 3.63) is 57.8 Å². The second kappa shape index (κ2) is 14.4. The summed E-state index contributed by atoms with van der Waals surface area (Å²) in [6.07, 6.45) is -13.7. The van der Waals surface area contributed by atoms with E-state index >= 15 is 0 Å². The minimum absolute atomic E-state index is 0.0725. The van der Waals surface area contributed by atoms with Crippen LogP contribution in [0.1, 0.15) is 26.3 Å². The molecule has 15 nitrogen and oxygen atoms in total. The Morgan fingerprint density at radius 3 is 2.10 bits per heavy atom. The summed E-state index contributed by atoms with van der Waals surface area (Å²) in [5.74, 6) is -0.922. The maximum absolute atomic E-state index is 14.3. The van der Waals surface area contributed by atoms with Crippen molar-refractivity contribution in [1.29, 1.82) is 0 Å². The number of methoxy groups -OCH3 is 1. The number of rotatable bonds is 9. The maximum atomic E-state index is 14.3. The Labute approximate surface area is 274 Å².